The van der Waals surface area contributed by atoms with Crippen molar-refractivity contribution in [2.24, 2.45) is 5.92 Å². The van der Waals surface area contributed by atoms with Gasteiger partial charge in [-0.2, -0.15) is 0 Å². The Bertz CT molecular complexity index is 505. The fourth-order valence-electron chi connectivity index (χ4n) is 3.06. The third-order valence-electron chi connectivity index (χ3n) is 4.19. The monoisotopic (exact) mass is 305 g/mol. The highest BCUT2D eigenvalue weighted by Gasteiger charge is 2.16. The molecule has 0 aromatic carbocycles. The van der Waals surface area contributed by atoms with Gasteiger partial charge in [0.2, 0.25) is 5.91 Å². The van der Waals surface area contributed by atoms with Gasteiger partial charge >= 0.3 is 0 Å². The Hall–Kier alpha value is -1.20. The van der Waals surface area contributed by atoms with Crippen molar-refractivity contribution < 1.29 is 4.79 Å². The number of piperidine rings is 1. The largest absolute Gasteiger partial charge is 0.302 e. The number of rotatable bonds is 5. The lowest BCUT2D eigenvalue weighted by molar-refractivity contribution is -0.116. The van der Waals surface area contributed by atoms with E-state index in [0.717, 1.165) is 30.2 Å². The number of amides is 1. The van der Waals surface area contributed by atoms with Crippen molar-refractivity contribution in [3.8, 4) is 0 Å². The zero-order chi connectivity index (χ0) is 14.5. The zero-order valence-electron chi connectivity index (χ0n) is 12.4. The quantitative estimate of drug-likeness (QED) is 0.848. The summed E-state index contributed by atoms with van der Waals surface area (Å²) in [6, 6.07) is 0. The highest BCUT2D eigenvalue weighted by atomic mass is 32.1. The van der Waals surface area contributed by atoms with E-state index < -0.39 is 0 Å². The Kier molecular flexibility index (Phi) is 5.04. The Morgan fingerprint density at radius 2 is 2.24 bits per heavy atom. The number of carbonyl (C=O) groups excluding carboxylic acids is 1. The Labute approximate surface area is 130 Å². The third kappa shape index (κ3) is 4.38. The van der Waals surface area contributed by atoms with E-state index in [-0.39, 0.29) is 5.91 Å². The molecule has 0 bridgehead atoms. The highest BCUT2D eigenvalue weighted by molar-refractivity contribution is 7.13. The van der Waals surface area contributed by atoms with Crippen LogP contribution in [0.2, 0.25) is 0 Å². The van der Waals surface area contributed by atoms with E-state index in [1.807, 2.05) is 0 Å². The smallest absolute Gasteiger partial charge is 0.226 e. The molecule has 1 aromatic rings. The topological polar surface area (TPSA) is 45.2 Å². The van der Waals surface area contributed by atoms with Crippen LogP contribution < -0.4 is 5.32 Å². The average Bonchev–Trinajstić information content (AvgIpc) is 3.12. The number of hydrogen-bond acceptors (Lipinski definition) is 4. The van der Waals surface area contributed by atoms with Gasteiger partial charge in [-0.3, -0.25) is 9.69 Å². The molecule has 1 amide bonds. The van der Waals surface area contributed by atoms with E-state index in [1.54, 1.807) is 0 Å². The van der Waals surface area contributed by atoms with Crippen LogP contribution in [0, 0.1) is 5.92 Å². The zero-order valence-corrected chi connectivity index (χ0v) is 13.2. The summed E-state index contributed by atoms with van der Waals surface area (Å²) in [7, 11) is 0. The van der Waals surface area contributed by atoms with E-state index >= 15 is 0 Å². The van der Waals surface area contributed by atoms with Crippen LogP contribution in [0.25, 0.3) is 0 Å². The number of carbonyl (C=O) groups is 1. The van der Waals surface area contributed by atoms with Gasteiger partial charge in [0.25, 0.3) is 0 Å². The first-order valence-electron chi connectivity index (χ1n) is 7.93. The maximum absolute atomic E-state index is 12.0. The minimum atomic E-state index is 0.0884. The third-order valence-corrected chi connectivity index (χ3v) is 5.00. The number of likely N-dealkylation sites (tertiary alicyclic amines) is 1. The van der Waals surface area contributed by atoms with Crippen molar-refractivity contribution in [2.75, 3.05) is 18.4 Å². The van der Waals surface area contributed by atoms with Gasteiger partial charge in [0.15, 0.2) is 5.13 Å². The number of anilines is 1. The van der Waals surface area contributed by atoms with Crippen molar-refractivity contribution in [3.63, 3.8) is 0 Å². The Morgan fingerprint density at radius 3 is 3.00 bits per heavy atom. The van der Waals surface area contributed by atoms with Crippen LogP contribution in [-0.4, -0.2) is 28.9 Å². The molecule has 1 aliphatic carbocycles. The summed E-state index contributed by atoms with van der Waals surface area (Å²) < 4.78 is 0. The molecule has 1 saturated heterocycles. The van der Waals surface area contributed by atoms with E-state index in [2.05, 4.69) is 32.7 Å². The molecule has 0 unspecified atom stereocenters. The number of thiazole rings is 1. The van der Waals surface area contributed by atoms with Crippen LogP contribution in [0.3, 0.4) is 0 Å². The molecule has 0 saturated carbocycles. The molecule has 0 radical (unpaired) electrons. The summed E-state index contributed by atoms with van der Waals surface area (Å²) in [5.41, 5.74) is 1.08. The minimum Gasteiger partial charge on any atom is -0.302 e. The van der Waals surface area contributed by atoms with Crippen LogP contribution in [0.4, 0.5) is 5.13 Å². The number of nitrogens with one attached hydrogen (secondary N) is 1. The lowest BCUT2D eigenvalue weighted by atomic mass is 10.1. The second-order valence-electron chi connectivity index (χ2n) is 6.00. The number of nitrogens with zero attached hydrogens (tertiary/aromatic N) is 2. The van der Waals surface area contributed by atoms with Gasteiger partial charge in [-0.25, -0.2) is 4.98 Å². The van der Waals surface area contributed by atoms with Crippen LogP contribution in [0.1, 0.15) is 44.2 Å². The van der Waals surface area contributed by atoms with Crippen LogP contribution in [-0.2, 0) is 11.3 Å². The molecule has 0 spiro atoms. The van der Waals surface area contributed by atoms with Gasteiger partial charge in [-0.05, 0) is 44.7 Å². The summed E-state index contributed by atoms with van der Waals surface area (Å²) in [5.74, 6) is 0.503. The molecule has 2 aliphatic rings. The van der Waals surface area contributed by atoms with Crippen molar-refractivity contribution >= 4 is 22.4 Å². The van der Waals surface area contributed by atoms with Gasteiger partial charge in [0.05, 0.1) is 5.69 Å². The fraction of sp³-hybridized carbons (Fsp3) is 0.625. The maximum Gasteiger partial charge on any atom is 0.226 e. The van der Waals surface area contributed by atoms with Crippen LogP contribution >= 0.6 is 11.3 Å². The Morgan fingerprint density at radius 1 is 1.38 bits per heavy atom. The first-order valence-corrected chi connectivity index (χ1v) is 8.81. The second-order valence-corrected chi connectivity index (χ2v) is 6.86. The van der Waals surface area contributed by atoms with Gasteiger partial charge in [-0.15, -0.1) is 11.3 Å². The molecule has 5 heteroatoms. The minimum absolute atomic E-state index is 0.0884. The normalized spacial score (nSPS) is 22.6. The molecule has 114 valence electrons. The predicted octanol–water partition coefficient (Wildman–Crippen LogP) is 3.42. The standard InChI is InChI=1S/C16H23N3OS/c20-15(10-13-6-2-3-7-13)18-16-17-14(12-21-16)11-19-8-4-1-5-9-19/h2,6,12-13H,1,3-5,7-11H2,(H,17,18,20)/t13-/m1/s1. The van der Waals surface area contributed by atoms with Crippen molar-refractivity contribution in [2.45, 2.75) is 45.1 Å². The number of hydrogen-bond donors (Lipinski definition) is 1. The summed E-state index contributed by atoms with van der Waals surface area (Å²) in [6.45, 7) is 3.26. The molecule has 1 fully saturated rings. The average molecular weight is 305 g/mol. The molecule has 4 nitrogen and oxygen atoms in total. The molecule has 1 atom stereocenters. The summed E-state index contributed by atoms with van der Waals surface area (Å²) in [6.07, 6.45) is 11.1. The van der Waals surface area contributed by atoms with Crippen molar-refractivity contribution in [1.82, 2.24) is 9.88 Å². The molecule has 1 N–H and O–H groups in total. The van der Waals surface area contributed by atoms with E-state index in [1.165, 1.54) is 43.7 Å². The molecule has 2 heterocycles. The number of aromatic nitrogens is 1. The van der Waals surface area contributed by atoms with Gasteiger partial charge in [0, 0.05) is 18.3 Å². The lowest BCUT2D eigenvalue weighted by Gasteiger charge is -2.25. The van der Waals surface area contributed by atoms with E-state index in [0.29, 0.717) is 12.3 Å². The van der Waals surface area contributed by atoms with E-state index in [4.69, 9.17) is 0 Å². The number of allylic oxidation sites excluding steroid dienone is 2. The maximum atomic E-state index is 12.0. The SMILES string of the molecule is O=C(C[C@@H]1C=CCC1)Nc1nc(CN2CCCCC2)cs1. The highest BCUT2D eigenvalue weighted by Crippen LogP contribution is 2.22. The van der Waals surface area contributed by atoms with Gasteiger partial charge < -0.3 is 5.32 Å². The van der Waals surface area contributed by atoms with Crippen LogP contribution in [0.5, 0.6) is 0 Å². The molecule has 3 rings (SSSR count). The van der Waals surface area contributed by atoms with Gasteiger partial charge in [0.1, 0.15) is 0 Å². The first-order chi connectivity index (χ1) is 10.3. The summed E-state index contributed by atoms with van der Waals surface area (Å²) >= 11 is 1.54. The second kappa shape index (κ2) is 7.18. The first kappa shape index (κ1) is 14.7. The molecule has 1 aliphatic heterocycles. The summed E-state index contributed by atoms with van der Waals surface area (Å²) in [5, 5.41) is 5.76. The lowest BCUT2D eigenvalue weighted by Crippen LogP contribution is -2.29. The van der Waals surface area contributed by atoms with Crippen molar-refractivity contribution in [1.29, 1.82) is 0 Å². The molecular weight excluding hydrogens is 282 g/mol. The fourth-order valence-corrected chi connectivity index (χ4v) is 3.77. The van der Waals surface area contributed by atoms with Crippen molar-refractivity contribution in [3.05, 3.63) is 23.2 Å². The van der Waals surface area contributed by atoms with E-state index in [9.17, 15) is 4.79 Å². The van der Waals surface area contributed by atoms with Crippen LogP contribution in [0.15, 0.2) is 17.5 Å². The van der Waals surface area contributed by atoms with Gasteiger partial charge in [-0.1, -0.05) is 18.6 Å². The predicted molar refractivity (Wildman–Crippen MR) is 86.4 cm³/mol. The Balaban J connectivity index is 1.47. The summed E-state index contributed by atoms with van der Waals surface area (Å²) in [4.78, 5) is 19.0. The molecule has 1 aromatic heterocycles. The molecule has 21 heavy (non-hydrogen) atoms. The molecular formula is C16H23N3OS.